The van der Waals surface area contributed by atoms with Gasteiger partial charge in [-0.15, -0.1) is 0 Å². The molecule has 140 valence electrons. The van der Waals surface area contributed by atoms with Crippen molar-refractivity contribution < 1.29 is 23.7 Å². The van der Waals surface area contributed by atoms with E-state index in [0.29, 0.717) is 39.6 Å². The molecule has 0 spiro atoms. The second kappa shape index (κ2) is 18.1. The third-order valence-electron chi connectivity index (χ3n) is 3.20. The number of hydrogen-bond donors (Lipinski definition) is 0. The first-order chi connectivity index (χ1) is 11.2. The van der Waals surface area contributed by atoms with E-state index >= 15 is 0 Å². The van der Waals surface area contributed by atoms with Gasteiger partial charge in [0, 0.05) is 13.2 Å². The Kier molecular flexibility index (Phi) is 18.0. The van der Waals surface area contributed by atoms with Crippen molar-refractivity contribution in [2.45, 2.75) is 65.6 Å². The lowest BCUT2D eigenvalue weighted by atomic mass is 10.4. The highest BCUT2D eigenvalue weighted by atomic mass is 16.6. The first kappa shape index (κ1) is 22.8. The van der Waals surface area contributed by atoms with Gasteiger partial charge in [-0.05, 0) is 26.7 Å². The van der Waals surface area contributed by atoms with Gasteiger partial charge in [-0.2, -0.15) is 0 Å². The largest absolute Gasteiger partial charge is 0.379 e. The van der Waals surface area contributed by atoms with Crippen LogP contribution in [0.4, 0.5) is 0 Å². The summed E-state index contributed by atoms with van der Waals surface area (Å²) < 4.78 is 27.8. The first-order valence-electron chi connectivity index (χ1n) is 9.17. The molecule has 0 amide bonds. The van der Waals surface area contributed by atoms with Crippen LogP contribution in [0.2, 0.25) is 0 Å². The minimum absolute atomic E-state index is 0.0602. The van der Waals surface area contributed by atoms with E-state index in [1.807, 2.05) is 13.8 Å². The SMILES string of the molecule is CCCCOCCOCC(C)OC(C)COCCOCCCC. The van der Waals surface area contributed by atoms with Gasteiger partial charge in [0.1, 0.15) is 0 Å². The predicted molar refractivity (Wildman–Crippen MR) is 93.1 cm³/mol. The number of hydrogen-bond acceptors (Lipinski definition) is 5. The monoisotopic (exact) mass is 334 g/mol. The molecule has 0 fully saturated rings. The molecule has 0 N–H and O–H groups in total. The smallest absolute Gasteiger partial charge is 0.0785 e. The van der Waals surface area contributed by atoms with E-state index in [1.165, 1.54) is 0 Å². The van der Waals surface area contributed by atoms with Crippen LogP contribution in [-0.2, 0) is 23.7 Å². The molecule has 0 aromatic heterocycles. The average molecular weight is 334 g/mol. The van der Waals surface area contributed by atoms with Gasteiger partial charge in [0.2, 0.25) is 0 Å². The molecule has 0 aromatic carbocycles. The zero-order valence-corrected chi connectivity index (χ0v) is 15.7. The molecule has 0 aliphatic heterocycles. The summed E-state index contributed by atoms with van der Waals surface area (Å²) in [5.41, 5.74) is 0. The lowest BCUT2D eigenvalue weighted by Crippen LogP contribution is -2.26. The van der Waals surface area contributed by atoms with Crippen LogP contribution in [0, 0.1) is 0 Å². The van der Waals surface area contributed by atoms with Gasteiger partial charge in [-0.1, -0.05) is 26.7 Å². The van der Waals surface area contributed by atoms with Crippen molar-refractivity contribution in [1.82, 2.24) is 0 Å². The molecule has 0 radical (unpaired) electrons. The van der Waals surface area contributed by atoms with Crippen LogP contribution in [0.1, 0.15) is 53.4 Å². The molecule has 0 aliphatic rings. The Labute approximate surface area is 143 Å². The van der Waals surface area contributed by atoms with Gasteiger partial charge in [0.05, 0.1) is 51.8 Å². The van der Waals surface area contributed by atoms with Gasteiger partial charge in [0.15, 0.2) is 0 Å². The van der Waals surface area contributed by atoms with Crippen LogP contribution >= 0.6 is 0 Å². The lowest BCUT2D eigenvalue weighted by Gasteiger charge is -2.19. The second-order valence-electron chi connectivity index (χ2n) is 5.84. The molecule has 0 saturated heterocycles. The predicted octanol–water partition coefficient (Wildman–Crippen LogP) is 3.45. The first-order valence-corrected chi connectivity index (χ1v) is 9.17. The van der Waals surface area contributed by atoms with Crippen molar-refractivity contribution in [1.29, 1.82) is 0 Å². The maximum Gasteiger partial charge on any atom is 0.0785 e. The molecule has 0 bridgehead atoms. The Morgan fingerprint density at radius 3 is 1.35 bits per heavy atom. The van der Waals surface area contributed by atoms with E-state index in [-0.39, 0.29) is 12.2 Å². The molecule has 0 rings (SSSR count). The van der Waals surface area contributed by atoms with Crippen LogP contribution in [0.3, 0.4) is 0 Å². The molecule has 2 unspecified atom stereocenters. The Morgan fingerprint density at radius 1 is 0.565 bits per heavy atom. The summed E-state index contributed by atoms with van der Waals surface area (Å²) in [5, 5.41) is 0. The minimum Gasteiger partial charge on any atom is -0.379 e. The maximum absolute atomic E-state index is 5.81. The fourth-order valence-corrected chi connectivity index (χ4v) is 1.91. The van der Waals surface area contributed by atoms with Crippen LogP contribution in [-0.4, -0.2) is 65.1 Å². The maximum atomic E-state index is 5.81. The molecule has 2 atom stereocenters. The zero-order chi connectivity index (χ0) is 17.2. The van der Waals surface area contributed by atoms with Gasteiger partial charge in [0.25, 0.3) is 0 Å². The molecule has 0 aliphatic carbocycles. The summed E-state index contributed by atoms with van der Waals surface area (Å²) in [4.78, 5) is 0. The second-order valence-corrected chi connectivity index (χ2v) is 5.84. The van der Waals surface area contributed by atoms with Crippen LogP contribution < -0.4 is 0 Å². The van der Waals surface area contributed by atoms with E-state index < -0.39 is 0 Å². The number of unbranched alkanes of at least 4 members (excludes halogenated alkanes) is 2. The molecule has 5 heteroatoms. The molecule has 0 heterocycles. The van der Waals surface area contributed by atoms with Crippen molar-refractivity contribution in [3.63, 3.8) is 0 Å². The highest BCUT2D eigenvalue weighted by molar-refractivity contribution is 4.54. The third-order valence-corrected chi connectivity index (χ3v) is 3.20. The Bertz CT molecular complexity index is 203. The van der Waals surface area contributed by atoms with Crippen molar-refractivity contribution in [2.75, 3.05) is 52.9 Å². The molecule has 5 nitrogen and oxygen atoms in total. The zero-order valence-electron chi connectivity index (χ0n) is 15.7. The molecule has 23 heavy (non-hydrogen) atoms. The fraction of sp³-hybridized carbons (Fsp3) is 1.00. The van der Waals surface area contributed by atoms with Gasteiger partial charge in [-0.25, -0.2) is 0 Å². The molecular formula is C18H38O5. The summed E-state index contributed by atoms with van der Waals surface area (Å²) in [7, 11) is 0. The van der Waals surface area contributed by atoms with Gasteiger partial charge >= 0.3 is 0 Å². The van der Waals surface area contributed by atoms with E-state index in [1.54, 1.807) is 0 Å². The number of ether oxygens (including phenoxy) is 5. The average Bonchev–Trinajstić information content (AvgIpc) is 2.53. The summed E-state index contributed by atoms with van der Waals surface area (Å²) in [6.07, 6.45) is 4.67. The standard InChI is InChI=1S/C18H38O5/c1-5-7-9-19-11-13-21-15-17(3)23-18(4)16-22-14-12-20-10-8-6-2/h17-18H,5-16H2,1-4H3. The Morgan fingerprint density at radius 2 is 0.957 bits per heavy atom. The normalized spacial score (nSPS) is 14.1. The van der Waals surface area contributed by atoms with E-state index in [4.69, 9.17) is 23.7 Å². The summed E-state index contributed by atoms with van der Waals surface area (Å²) in [6, 6.07) is 0. The molecule has 0 saturated carbocycles. The highest BCUT2D eigenvalue weighted by Gasteiger charge is 2.09. The third kappa shape index (κ3) is 18.0. The van der Waals surface area contributed by atoms with E-state index in [9.17, 15) is 0 Å². The van der Waals surface area contributed by atoms with Crippen molar-refractivity contribution in [3.8, 4) is 0 Å². The van der Waals surface area contributed by atoms with E-state index in [0.717, 1.165) is 38.9 Å². The topological polar surface area (TPSA) is 46.2 Å². The minimum atomic E-state index is 0.0602. The molecular weight excluding hydrogens is 296 g/mol. The quantitative estimate of drug-likeness (QED) is 0.359. The van der Waals surface area contributed by atoms with E-state index in [2.05, 4.69) is 13.8 Å². The van der Waals surface area contributed by atoms with Crippen molar-refractivity contribution >= 4 is 0 Å². The summed E-state index contributed by atoms with van der Waals surface area (Å²) >= 11 is 0. The van der Waals surface area contributed by atoms with Crippen molar-refractivity contribution in [3.05, 3.63) is 0 Å². The van der Waals surface area contributed by atoms with Crippen LogP contribution in [0.25, 0.3) is 0 Å². The fourth-order valence-electron chi connectivity index (χ4n) is 1.91. The van der Waals surface area contributed by atoms with Gasteiger partial charge in [-0.3, -0.25) is 0 Å². The summed E-state index contributed by atoms with van der Waals surface area (Å²) in [6.45, 7) is 13.7. The summed E-state index contributed by atoms with van der Waals surface area (Å²) in [5.74, 6) is 0. The Balaban J connectivity index is 3.32. The number of rotatable bonds is 18. The van der Waals surface area contributed by atoms with Crippen molar-refractivity contribution in [2.24, 2.45) is 0 Å². The highest BCUT2D eigenvalue weighted by Crippen LogP contribution is 2.00. The Hall–Kier alpha value is -0.200. The van der Waals surface area contributed by atoms with Crippen LogP contribution in [0.5, 0.6) is 0 Å². The molecule has 0 aromatic rings. The lowest BCUT2D eigenvalue weighted by molar-refractivity contribution is -0.0797. The van der Waals surface area contributed by atoms with Crippen LogP contribution in [0.15, 0.2) is 0 Å². The van der Waals surface area contributed by atoms with Gasteiger partial charge < -0.3 is 23.7 Å².